The Morgan fingerprint density at radius 2 is 1.96 bits per heavy atom. The average Bonchev–Trinajstić information content (AvgIpc) is 2.62. The van der Waals surface area contributed by atoms with Crippen molar-refractivity contribution in [3.05, 3.63) is 29.3 Å². The van der Waals surface area contributed by atoms with Crippen molar-refractivity contribution in [3.63, 3.8) is 0 Å². The molecule has 1 aliphatic heterocycles. The van der Waals surface area contributed by atoms with E-state index in [4.69, 9.17) is 4.74 Å². The Kier molecular flexibility index (Phi) is 7.79. The number of aryl methyl sites for hydroxylation is 1. The summed E-state index contributed by atoms with van der Waals surface area (Å²) in [5.41, 5.74) is 1.15. The van der Waals surface area contributed by atoms with Crippen molar-refractivity contribution >= 4 is 15.9 Å². The quantitative estimate of drug-likeness (QED) is 0.650. The summed E-state index contributed by atoms with van der Waals surface area (Å²) in [4.78, 5) is 15.2. The molecule has 1 fully saturated rings. The minimum Gasteiger partial charge on any atom is -0.383 e. The molecule has 2 rings (SSSR count). The largest absolute Gasteiger partial charge is 0.383 e. The van der Waals surface area contributed by atoms with Crippen molar-refractivity contribution in [1.82, 2.24) is 14.9 Å². The number of piperidine rings is 1. The van der Waals surface area contributed by atoms with Crippen LogP contribution in [0.4, 0.5) is 0 Å². The van der Waals surface area contributed by atoms with Crippen LogP contribution in [0.5, 0.6) is 0 Å². The maximum atomic E-state index is 12.7. The van der Waals surface area contributed by atoms with Gasteiger partial charge in [0.25, 0.3) is 5.91 Å². The first-order chi connectivity index (χ1) is 12.7. The molecule has 1 heterocycles. The number of hydrogen-bond acceptors (Lipinski definition) is 5. The zero-order chi connectivity index (χ0) is 20.0. The number of rotatable bonds is 8. The van der Waals surface area contributed by atoms with Crippen LogP contribution in [0.1, 0.15) is 42.6 Å². The number of sulfonamides is 1. The molecule has 1 aromatic carbocycles. The van der Waals surface area contributed by atoms with Crippen LogP contribution in [-0.2, 0) is 14.8 Å². The Bertz CT molecular complexity index is 741. The molecule has 1 aliphatic rings. The van der Waals surface area contributed by atoms with Crippen LogP contribution in [0, 0.1) is 6.92 Å². The summed E-state index contributed by atoms with van der Waals surface area (Å²) in [5.74, 6) is -0.218. The highest BCUT2D eigenvalue weighted by atomic mass is 32.2. The monoisotopic (exact) mass is 397 g/mol. The van der Waals surface area contributed by atoms with Gasteiger partial charge in [-0.3, -0.25) is 4.79 Å². The Labute approximate surface area is 162 Å². The first-order valence-corrected chi connectivity index (χ1v) is 10.9. The second-order valence-corrected chi connectivity index (χ2v) is 9.01. The minimum absolute atomic E-state index is 0.0870. The lowest BCUT2D eigenvalue weighted by Crippen LogP contribution is -2.46. The third kappa shape index (κ3) is 6.00. The van der Waals surface area contributed by atoms with Crippen molar-refractivity contribution in [1.29, 1.82) is 0 Å². The molecule has 7 nitrogen and oxygen atoms in total. The molecule has 1 amide bonds. The fraction of sp³-hybridized carbons (Fsp3) is 0.632. The molecule has 8 heteroatoms. The maximum absolute atomic E-state index is 12.7. The van der Waals surface area contributed by atoms with E-state index in [1.165, 1.54) is 19.2 Å². The van der Waals surface area contributed by atoms with Gasteiger partial charge < -0.3 is 15.0 Å². The van der Waals surface area contributed by atoms with Crippen LogP contribution in [0.25, 0.3) is 0 Å². The first-order valence-electron chi connectivity index (χ1n) is 9.38. The number of nitrogens with one attached hydrogen (secondary N) is 2. The zero-order valence-electron chi connectivity index (χ0n) is 16.6. The van der Waals surface area contributed by atoms with Crippen molar-refractivity contribution in [3.8, 4) is 0 Å². The van der Waals surface area contributed by atoms with Crippen LogP contribution in [0.3, 0.4) is 0 Å². The van der Waals surface area contributed by atoms with Crippen molar-refractivity contribution in [2.45, 2.75) is 50.6 Å². The van der Waals surface area contributed by atoms with E-state index in [0.717, 1.165) is 31.5 Å². The van der Waals surface area contributed by atoms with Gasteiger partial charge in [0, 0.05) is 44.4 Å². The lowest BCUT2D eigenvalue weighted by Gasteiger charge is -2.34. The predicted molar refractivity (Wildman–Crippen MR) is 105 cm³/mol. The van der Waals surface area contributed by atoms with E-state index in [2.05, 4.69) is 28.8 Å². The van der Waals surface area contributed by atoms with E-state index in [1.807, 2.05) is 6.92 Å². The number of likely N-dealkylation sites (tertiary alicyclic amines) is 1. The van der Waals surface area contributed by atoms with Gasteiger partial charge in [-0.2, -0.15) is 0 Å². The van der Waals surface area contributed by atoms with E-state index in [-0.39, 0.29) is 30.0 Å². The maximum Gasteiger partial charge on any atom is 0.251 e. The van der Waals surface area contributed by atoms with Gasteiger partial charge in [0.15, 0.2) is 0 Å². The van der Waals surface area contributed by atoms with E-state index < -0.39 is 10.0 Å². The smallest absolute Gasteiger partial charge is 0.251 e. The molecule has 0 radical (unpaired) electrons. The predicted octanol–water partition coefficient (Wildman–Crippen LogP) is 1.52. The highest BCUT2D eigenvalue weighted by molar-refractivity contribution is 7.89. The SMILES string of the molecule is COCCNS(=O)(=O)c1ccc(C)c(C(=O)NC2CCN(C(C)C)CC2)c1. The molecule has 1 saturated heterocycles. The Morgan fingerprint density at radius 3 is 2.56 bits per heavy atom. The van der Waals surface area contributed by atoms with Gasteiger partial charge in [-0.15, -0.1) is 0 Å². The minimum atomic E-state index is -3.67. The number of nitrogens with zero attached hydrogens (tertiary/aromatic N) is 1. The third-order valence-corrected chi connectivity index (χ3v) is 6.42. The first kappa shape index (κ1) is 21.8. The Balaban J connectivity index is 2.06. The van der Waals surface area contributed by atoms with Gasteiger partial charge in [0.2, 0.25) is 10.0 Å². The second-order valence-electron chi connectivity index (χ2n) is 7.24. The van der Waals surface area contributed by atoms with Gasteiger partial charge in [-0.05, 0) is 51.3 Å². The molecular weight excluding hydrogens is 366 g/mol. The molecule has 0 aliphatic carbocycles. The standard InChI is InChI=1S/C19H31N3O4S/c1-14(2)22-10-7-16(8-11-22)21-19(23)18-13-17(6-5-15(18)3)27(24,25)20-9-12-26-4/h5-6,13-14,16,20H,7-12H2,1-4H3,(H,21,23). The van der Waals surface area contributed by atoms with Crippen molar-refractivity contribution < 1.29 is 17.9 Å². The van der Waals surface area contributed by atoms with Gasteiger partial charge in [0.1, 0.15) is 0 Å². The molecule has 1 aromatic rings. The van der Waals surface area contributed by atoms with Crippen LogP contribution in [0.2, 0.25) is 0 Å². The number of amides is 1. The van der Waals surface area contributed by atoms with E-state index in [1.54, 1.807) is 6.07 Å². The Morgan fingerprint density at radius 1 is 1.30 bits per heavy atom. The summed E-state index contributed by atoms with van der Waals surface area (Å²) in [7, 11) is -2.16. The van der Waals surface area contributed by atoms with Crippen molar-refractivity contribution in [2.24, 2.45) is 0 Å². The number of benzene rings is 1. The van der Waals surface area contributed by atoms with E-state index in [9.17, 15) is 13.2 Å². The third-order valence-electron chi connectivity index (χ3n) is 4.96. The number of hydrogen-bond donors (Lipinski definition) is 2. The van der Waals surface area contributed by atoms with Crippen LogP contribution in [0.15, 0.2) is 23.1 Å². The molecule has 0 aromatic heterocycles. The van der Waals surface area contributed by atoms with Gasteiger partial charge in [-0.1, -0.05) is 6.07 Å². The number of methoxy groups -OCH3 is 1. The summed E-state index contributed by atoms with van der Waals surface area (Å²) in [6.45, 7) is 8.55. The van der Waals surface area contributed by atoms with Gasteiger partial charge in [0.05, 0.1) is 11.5 Å². The lowest BCUT2D eigenvalue weighted by atomic mass is 10.0. The van der Waals surface area contributed by atoms with Crippen LogP contribution < -0.4 is 10.0 Å². The number of carbonyl (C=O) groups excluding carboxylic acids is 1. The lowest BCUT2D eigenvalue weighted by molar-refractivity contribution is 0.0900. The average molecular weight is 398 g/mol. The highest BCUT2D eigenvalue weighted by Crippen LogP contribution is 2.18. The van der Waals surface area contributed by atoms with Gasteiger partial charge in [-0.25, -0.2) is 13.1 Å². The molecular formula is C19H31N3O4S. The van der Waals surface area contributed by atoms with Crippen molar-refractivity contribution in [2.75, 3.05) is 33.4 Å². The molecule has 152 valence electrons. The molecule has 0 saturated carbocycles. The molecule has 2 N–H and O–H groups in total. The zero-order valence-corrected chi connectivity index (χ0v) is 17.4. The molecule has 0 spiro atoms. The fourth-order valence-corrected chi connectivity index (χ4v) is 4.24. The summed E-state index contributed by atoms with van der Waals surface area (Å²) in [6, 6.07) is 5.26. The number of carbonyl (C=O) groups is 1. The summed E-state index contributed by atoms with van der Waals surface area (Å²) in [6.07, 6.45) is 1.80. The van der Waals surface area contributed by atoms with Crippen LogP contribution >= 0.6 is 0 Å². The molecule has 0 unspecified atom stereocenters. The van der Waals surface area contributed by atoms with E-state index in [0.29, 0.717) is 11.6 Å². The number of ether oxygens (including phenoxy) is 1. The fourth-order valence-electron chi connectivity index (χ4n) is 3.20. The summed E-state index contributed by atoms with van der Waals surface area (Å²) in [5, 5.41) is 3.07. The highest BCUT2D eigenvalue weighted by Gasteiger charge is 2.24. The molecule has 0 bridgehead atoms. The topological polar surface area (TPSA) is 87.7 Å². The second kappa shape index (κ2) is 9.64. The Hall–Kier alpha value is -1.48. The normalized spacial score (nSPS) is 16.6. The molecule has 0 atom stereocenters. The van der Waals surface area contributed by atoms with Crippen LogP contribution in [-0.4, -0.2) is 64.7 Å². The summed E-state index contributed by atoms with van der Waals surface area (Å²) < 4.78 is 32.1. The van der Waals surface area contributed by atoms with Gasteiger partial charge >= 0.3 is 0 Å². The van der Waals surface area contributed by atoms with E-state index >= 15 is 0 Å². The summed E-state index contributed by atoms with van der Waals surface area (Å²) >= 11 is 0. The molecule has 27 heavy (non-hydrogen) atoms.